The van der Waals surface area contributed by atoms with Crippen LogP contribution in [-0.2, 0) is 11.3 Å². The summed E-state index contributed by atoms with van der Waals surface area (Å²) in [4.78, 5) is 16.2. The maximum Gasteiger partial charge on any atom is 0.341 e. The molecule has 104 valence electrons. The first-order chi connectivity index (χ1) is 9.10. The number of hydrogen-bond donors (Lipinski definition) is 1. The fourth-order valence-corrected chi connectivity index (χ4v) is 2.22. The Hall–Kier alpha value is -1.59. The summed E-state index contributed by atoms with van der Waals surface area (Å²) in [5.41, 5.74) is 1.25. The van der Waals surface area contributed by atoms with Crippen molar-refractivity contribution in [2.75, 3.05) is 40.3 Å². The van der Waals surface area contributed by atoms with Crippen LogP contribution in [0.15, 0.2) is 18.2 Å². The average molecular weight is 264 g/mol. The van der Waals surface area contributed by atoms with Crippen molar-refractivity contribution >= 4 is 5.97 Å². The van der Waals surface area contributed by atoms with E-state index in [0.29, 0.717) is 0 Å². The maximum absolute atomic E-state index is 11.5. The minimum Gasteiger partial charge on any atom is -0.507 e. The lowest BCUT2D eigenvalue weighted by atomic mass is 10.1. The van der Waals surface area contributed by atoms with Crippen molar-refractivity contribution in [1.82, 2.24) is 9.80 Å². The molecule has 1 heterocycles. The zero-order chi connectivity index (χ0) is 13.8. The van der Waals surface area contributed by atoms with E-state index in [2.05, 4.69) is 21.6 Å². The number of phenolic OH excluding ortho intramolecular Hbond substituents is 1. The van der Waals surface area contributed by atoms with E-state index in [1.54, 1.807) is 12.1 Å². The molecule has 19 heavy (non-hydrogen) atoms. The van der Waals surface area contributed by atoms with Crippen molar-refractivity contribution in [2.24, 2.45) is 0 Å². The van der Waals surface area contributed by atoms with Crippen LogP contribution in [0.25, 0.3) is 0 Å². The van der Waals surface area contributed by atoms with Crippen LogP contribution in [0.2, 0.25) is 0 Å². The molecular formula is C14H20N2O3. The quantitative estimate of drug-likeness (QED) is 0.823. The summed E-state index contributed by atoms with van der Waals surface area (Å²) in [6.45, 7) is 4.94. The second-order valence-electron chi connectivity index (χ2n) is 4.92. The van der Waals surface area contributed by atoms with Crippen LogP contribution in [0.3, 0.4) is 0 Å². The van der Waals surface area contributed by atoms with Crippen molar-refractivity contribution in [2.45, 2.75) is 6.54 Å². The van der Waals surface area contributed by atoms with Crippen molar-refractivity contribution in [3.05, 3.63) is 29.3 Å². The molecule has 1 N–H and O–H groups in total. The molecule has 5 heteroatoms. The number of aromatic hydroxyl groups is 1. The highest BCUT2D eigenvalue weighted by Crippen LogP contribution is 2.20. The van der Waals surface area contributed by atoms with Gasteiger partial charge in [0.25, 0.3) is 0 Å². The zero-order valence-corrected chi connectivity index (χ0v) is 11.4. The van der Waals surface area contributed by atoms with E-state index < -0.39 is 5.97 Å². The maximum atomic E-state index is 11.5. The molecule has 0 unspecified atom stereocenters. The Bertz CT molecular complexity index is 454. The van der Waals surface area contributed by atoms with E-state index in [1.807, 2.05) is 6.07 Å². The van der Waals surface area contributed by atoms with Crippen molar-refractivity contribution in [1.29, 1.82) is 0 Å². The van der Waals surface area contributed by atoms with Crippen LogP contribution in [0.1, 0.15) is 15.9 Å². The Kier molecular flexibility index (Phi) is 4.39. The Balaban J connectivity index is 2.06. The zero-order valence-electron chi connectivity index (χ0n) is 11.4. The van der Waals surface area contributed by atoms with Crippen LogP contribution in [0.5, 0.6) is 5.75 Å². The van der Waals surface area contributed by atoms with Gasteiger partial charge in [0.15, 0.2) is 0 Å². The number of piperazine rings is 1. The fourth-order valence-electron chi connectivity index (χ4n) is 2.22. The molecule has 1 saturated heterocycles. The minimum atomic E-state index is -0.502. The number of nitrogens with zero attached hydrogens (tertiary/aromatic N) is 2. The van der Waals surface area contributed by atoms with Crippen LogP contribution in [0, 0.1) is 0 Å². The molecule has 1 aliphatic heterocycles. The smallest absolute Gasteiger partial charge is 0.341 e. The van der Waals surface area contributed by atoms with Gasteiger partial charge in [-0.3, -0.25) is 4.90 Å². The predicted octanol–water partition coefficient (Wildman–Crippen LogP) is 0.926. The Morgan fingerprint density at radius 2 is 2.00 bits per heavy atom. The summed E-state index contributed by atoms with van der Waals surface area (Å²) < 4.78 is 4.66. The number of esters is 1. The van der Waals surface area contributed by atoms with E-state index >= 15 is 0 Å². The van der Waals surface area contributed by atoms with Crippen LogP contribution in [-0.4, -0.2) is 61.2 Å². The SMILES string of the molecule is COC(=O)c1cc(CN2CCN(C)CC2)ccc1O. The second-order valence-corrected chi connectivity index (χ2v) is 4.92. The molecule has 0 bridgehead atoms. The van der Waals surface area contributed by atoms with Crippen molar-refractivity contribution in [3.63, 3.8) is 0 Å². The van der Waals surface area contributed by atoms with E-state index in [9.17, 15) is 9.90 Å². The minimum absolute atomic E-state index is 0.0334. The van der Waals surface area contributed by atoms with Gasteiger partial charge in [0.1, 0.15) is 11.3 Å². The summed E-state index contributed by atoms with van der Waals surface area (Å²) >= 11 is 0. The molecule has 2 rings (SSSR count). The molecule has 0 saturated carbocycles. The third kappa shape index (κ3) is 3.45. The molecule has 1 aromatic rings. The standard InChI is InChI=1S/C14H20N2O3/c1-15-5-7-16(8-6-15)10-11-3-4-13(17)12(9-11)14(18)19-2/h3-4,9,17H,5-8,10H2,1-2H3. The van der Waals surface area contributed by atoms with E-state index in [1.165, 1.54) is 7.11 Å². The summed E-state index contributed by atoms with van der Waals surface area (Å²) in [7, 11) is 3.43. The molecular weight excluding hydrogens is 244 g/mol. The van der Waals surface area contributed by atoms with Gasteiger partial charge in [-0.25, -0.2) is 4.79 Å². The van der Waals surface area contributed by atoms with Crippen LogP contribution in [0.4, 0.5) is 0 Å². The molecule has 5 nitrogen and oxygen atoms in total. The number of hydrogen-bond acceptors (Lipinski definition) is 5. The number of ether oxygens (including phenoxy) is 1. The fraction of sp³-hybridized carbons (Fsp3) is 0.500. The number of carbonyl (C=O) groups is 1. The largest absolute Gasteiger partial charge is 0.507 e. The van der Waals surface area contributed by atoms with Gasteiger partial charge >= 0.3 is 5.97 Å². The molecule has 0 aromatic heterocycles. The first kappa shape index (κ1) is 13.8. The highest BCUT2D eigenvalue weighted by Gasteiger charge is 2.16. The molecule has 0 spiro atoms. The predicted molar refractivity (Wildman–Crippen MR) is 72.2 cm³/mol. The summed E-state index contributed by atoms with van der Waals surface area (Å²) in [6, 6.07) is 5.11. The highest BCUT2D eigenvalue weighted by molar-refractivity contribution is 5.92. The molecule has 0 aliphatic carbocycles. The molecule has 0 radical (unpaired) electrons. The van der Waals surface area contributed by atoms with Crippen molar-refractivity contribution < 1.29 is 14.6 Å². The number of benzene rings is 1. The lowest BCUT2D eigenvalue weighted by molar-refractivity contribution is 0.0597. The Morgan fingerprint density at radius 1 is 1.32 bits per heavy atom. The van der Waals surface area contributed by atoms with Gasteiger partial charge in [0.05, 0.1) is 7.11 Å². The first-order valence-corrected chi connectivity index (χ1v) is 6.41. The summed E-state index contributed by atoms with van der Waals surface area (Å²) in [6.07, 6.45) is 0. The normalized spacial score (nSPS) is 17.4. The lowest BCUT2D eigenvalue weighted by Gasteiger charge is -2.32. The van der Waals surface area contributed by atoms with Crippen LogP contribution < -0.4 is 0 Å². The van der Waals surface area contributed by atoms with Crippen LogP contribution >= 0.6 is 0 Å². The number of methoxy groups -OCH3 is 1. The third-order valence-corrected chi connectivity index (χ3v) is 3.47. The van der Waals surface area contributed by atoms with Gasteiger partial charge < -0.3 is 14.7 Å². The van der Waals surface area contributed by atoms with Gasteiger partial charge in [-0.05, 0) is 24.7 Å². The van der Waals surface area contributed by atoms with Gasteiger partial charge in [0, 0.05) is 32.7 Å². The van der Waals surface area contributed by atoms with E-state index in [4.69, 9.17) is 0 Å². The van der Waals surface area contributed by atoms with Gasteiger partial charge in [0.2, 0.25) is 0 Å². The Morgan fingerprint density at radius 3 is 2.63 bits per heavy atom. The molecule has 1 fully saturated rings. The number of carbonyl (C=O) groups excluding carboxylic acids is 1. The van der Waals surface area contributed by atoms with Gasteiger partial charge in [-0.15, -0.1) is 0 Å². The summed E-state index contributed by atoms with van der Waals surface area (Å²) in [5.74, 6) is -0.535. The van der Waals surface area contributed by atoms with E-state index in [-0.39, 0.29) is 11.3 Å². The monoisotopic (exact) mass is 264 g/mol. The summed E-state index contributed by atoms with van der Waals surface area (Å²) in [5, 5.41) is 9.66. The first-order valence-electron chi connectivity index (χ1n) is 6.41. The number of likely N-dealkylation sites (N-methyl/N-ethyl adjacent to an activating group) is 1. The second kappa shape index (κ2) is 6.04. The highest BCUT2D eigenvalue weighted by atomic mass is 16.5. The van der Waals surface area contributed by atoms with Crippen molar-refractivity contribution in [3.8, 4) is 5.75 Å². The van der Waals surface area contributed by atoms with Gasteiger partial charge in [-0.1, -0.05) is 6.07 Å². The number of phenols is 1. The topological polar surface area (TPSA) is 53.0 Å². The lowest BCUT2D eigenvalue weighted by Crippen LogP contribution is -2.43. The van der Waals surface area contributed by atoms with Gasteiger partial charge in [-0.2, -0.15) is 0 Å². The molecule has 1 aromatic carbocycles. The number of rotatable bonds is 3. The van der Waals surface area contributed by atoms with E-state index in [0.717, 1.165) is 38.3 Å². The third-order valence-electron chi connectivity index (χ3n) is 3.47. The molecule has 0 amide bonds. The molecule has 1 aliphatic rings. The Labute approximate surface area is 113 Å². The molecule has 0 atom stereocenters. The average Bonchev–Trinajstić information content (AvgIpc) is 2.42.